The monoisotopic (exact) mass is 329 g/mol. The van der Waals surface area contributed by atoms with Crippen LogP contribution in [0.4, 0.5) is 0 Å². The Morgan fingerprint density at radius 2 is 1.76 bits per heavy atom. The van der Waals surface area contributed by atoms with Crippen LogP contribution in [0, 0.1) is 0 Å². The topological polar surface area (TPSA) is 12.9 Å². The van der Waals surface area contributed by atoms with Crippen LogP contribution in [0.15, 0.2) is 42.7 Å². The molecule has 1 nitrogen and oxygen atoms in total. The van der Waals surface area contributed by atoms with Gasteiger partial charge in [-0.2, -0.15) is 0 Å². The Balaban J connectivity index is 2.13. The summed E-state index contributed by atoms with van der Waals surface area (Å²) in [6.07, 6.45) is 4.44. The molecule has 17 heavy (non-hydrogen) atoms. The van der Waals surface area contributed by atoms with Crippen LogP contribution in [-0.2, 0) is 6.42 Å². The lowest BCUT2D eigenvalue weighted by Gasteiger charge is -2.10. The van der Waals surface area contributed by atoms with E-state index in [-0.39, 0.29) is 4.83 Å². The van der Waals surface area contributed by atoms with Crippen LogP contribution < -0.4 is 0 Å². The Kier molecular flexibility index (Phi) is 4.43. The molecule has 1 aromatic heterocycles. The summed E-state index contributed by atoms with van der Waals surface area (Å²) in [4.78, 5) is 4.25. The highest BCUT2D eigenvalue weighted by Crippen LogP contribution is 2.29. The maximum atomic E-state index is 5.99. The van der Waals surface area contributed by atoms with Gasteiger partial charge in [0.25, 0.3) is 0 Å². The molecule has 2 rings (SSSR count). The van der Waals surface area contributed by atoms with Crippen molar-refractivity contribution in [3.8, 4) is 0 Å². The second-order valence-corrected chi connectivity index (χ2v) is 5.62. The Hall–Kier alpha value is -0.570. The third kappa shape index (κ3) is 3.44. The fourth-order valence-corrected chi connectivity index (χ4v) is 2.56. The average molecular weight is 331 g/mol. The van der Waals surface area contributed by atoms with Crippen LogP contribution in [0.1, 0.15) is 16.0 Å². The molecule has 88 valence electrons. The molecule has 1 heterocycles. The zero-order chi connectivity index (χ0) is 12.3. The molecule has 0 radical (unpaired) electrons. The van der Waals surface area contributed by atoms with E-state index in [0.29, 0.717) is 10.0 Å². The molecule has 0 bridgehead atoms. The van der Waals surface area contributed by atoms with E-state index in [0.717, 1.165) is 12.0 Å². The third-order valence-electron chi connectivity index (χ3n) is 2.47. The molecule has 0 saturated heterocycles. The summed E-state index contributed by atoms with van der Waals surface area (Å²) in [5, 5.41) is 1.18. The van der Waals surface area contributed by atoms with E-state index >= 15 is 0 Å². The number of rotatable bonds is 3. The lowest BCUT2D eigenvalue weighted by molar-refractivity contribution is 0.944. The van der Waals surface area contributed by atoms with E-state index in [1.807, 2.05) is 30.3 Å². The maximum Gasteiger partial charge on any atom is 0.0595 e. The standard InChI is InChI=1S/C13H10BrCl2N/c14-11(10-3-5-17-6-4-10)7-9-1-2-12(15)13(16)8-9/h1-6,8,11H,7H2. The summed E-state index contributed by atoms with van der Waals surface area (Å²) in [6.45, 7) is 0. The van der Waals surface area contributed by atoms with Crippen LogP contribution in [0.3, 0.4) is 0 Å². The van der Waals surface area contributed by atoms with Crippen molar-refractivity contribution in [2.24, 2.45) is 0 Å². The van der Waals surface area contributed by atoms with Gasteiger partial charge in [0.1, 0.15) is 0 Å². The van der Waals surface area contributed by atoms with Crippen LogP contribution >= 0.6 is 39.1 Å². The third-order valence-corrected chi connectivity index (χ3v) is 4.06. The van der Waals surface area contributed by atoms with Gasteiger partial charge in [-0.05, 0) is 41.8 Å². The highest BCUT2D eigenvalue weighted by molar-refractivity contribution is 9.09. The minimum Gasteiger partial charge on any atom is -0.265 e. The molecule has 0 aliphatic carbocycles. The highest BCUT2D eigenvalue weighted by atomic mass is 79.9. The minimum absolute atomic E-state index is 0.253. The van der Waals surface area contributed by atoms with Gasteiger partial charge in [-0.1, -0.05) is 45.2 Å². The van der Waals surface area contributed by atoms with E-state index in [4.69, 9.17) is 23.2 Å². The first-order valence-corrected chi connectivity index (χ1v) is 6.82. The predicted molar refractivity (Wildman–Crippen MR) is 76.1 cm³/mol. The van der Waals surface area contributed by atoms with Gasteiger partial charge in [0, 0.05) is 17.2 Å². The Morgan fingerprint density at radius 1 is 1.06 bits per heavy atom. The van der Waals surface area contributed by atoms with Crippen LogP contribution in [0.5, 0.6) is 0 Å². The van der Waals surface area contributed by atoms with Gasteiger partial charge in [-0.15, -0.1) is 0 Å². The van der Waals surface area contributed by atoms with Crippen molar-refractivity contribution >= 4 is 39.1 Å². The molecule has 0 amide bonds. The second kappa shape index (κ2) is 5.85. The summed E-state index contributed by atoms with van der Waals surface area (Å²) >= 11 is 15.5. The largest absolute Gasteiger partial charge is 0.265 e. The molecule has 4 heteroatoms. The SMILES string of the molecule is Clc1ccc(CC(Br)c2ccncc2)cc1Cl. The van der Waals surface area contributed by atoms with Crippen LogP contribution in [0.2, 0.25) is 10.0 Å². The van der Waals surface area contributed by atoms with E-state index in [1.54, 1.807) is 12.4 Å². The Labute approximate surface area is 119 Å². The lowest BCUT2D eigenvalue weighted by Crippen LogP contribution is -1.95. The fraction of sp³-hybridized carbons (Fsp3) is 0.154. The van der Waals surface area contributed by atoms with Crippen molar-refractivity contribution in [2.75, 3.05) is 0 Å². The number of hydrogen-bond acceptors (Lipinski definition) is 1. The molecular formula is C13H10BrCl2N. The zero-order valence-electron chi connectivity index (χ0n) is 8.91. The van der Waals surface area contributed by atoms with E-state index in [1.165, 1.54) is 5.56 Å². The minimum atomic E-state index is 0.253. The molecular weight excluding hydrogens is 321 g/mol. The van der Waals surface area contributed by atoms with Gasteiger partial charge < -0.3 is 0 Å². The Morgan fingerprint density at radius 3 is 2.41 bits per heavy atom. The number of halogens is 3. The first-order chi connectivity index (χ1) is 8.16. The smallest absolute Gasteiger partial charge is 0.0595 e. The fourth-order valence-electron chi connectivity index (χ4n) is 1.56. The number of benzene rings is 1. The lowest BCUT2D eigenvalue weighted by atomic mass is 10.1. The molecule has 0 spiro atoms. The van der Waals surface area contributed by atoms with Gasteiger partial charge in [-0.25, -0.2) is 0 Å². The second-order valence-electron chi connectivity index (χ2n) is 3.70. The Bertz CT molecular complexity index is 502. The first kappa shape index (κ1) is 12.9. The molecule has 1 aromatic carbocycles. The number of hydrogen-bond donors (Lipinski definition) is 0. The van der Waals surface area contributed by atoms with Gasteiger partial charge in [-0.3, -0.25) is 4.98 Å². The maximum absolute atomic E-state index is 5.99. The van der Waals surface area contributed by atoms with Crippen molar-refractivity contribution in [1.82, 2.24) is 4.98 Å². The quantitative estimate of drug-likeness (QED) is 0.716. The van der Waals surface area contributed by atoms with Crippen molar-refractivity contribution < 1.29 is 0 Å². The zero-order valence-corrected chi connectivity index (χ0v) is 12.0. The molecule has 1 unspecified atom stereocenters. The van der Waals surface area contributed by atoms with E-state index in [9.17, 15) is 0 Å². The van der Waals surface area contributed by atoms with Crippen LogP contribution in [0.25, 0.3) is 0 Å². The highest BCUT2D eigenvalue weighted by Gasteiger charge is 2.09. The number of pyridine rings is 1. The average Bonchev–Trinajstić information content (AvgIpc) is 2.35. The number of nitrogens with zero attached hydrogens (tertiary/aromatic N) is 1. The molecule has 0 saturated carbocycles. The van der Waals surface area contributed by atoms with Crippen LogP contribution in [-0.4, -0.2) is 4.98 Å². The summed E-state index contributed by atoms with van der Waals surface area (Å²) < 4.78 is 0. The normalized spacial score (nSPS) is 12.4. The molecule has 0 aliphatic rings. The number of aromatic nitrogens is 1. The van der Waals surface area contributed by atoms with Crippen molar-refractivity contribution in [1.29, 1.82) is 0 Å². The summed E-state index contributed by atoms with van der Waals surface area (Å²) in [5.41, 5.74) is 2.35. The molecule has 2 aromatic rings. The molecule has 1 atom stereocenters. The van der Waals surface area contributed by atoms with Gasteiger partial charge >= 0.3 is 0 Å². The van der Waals surface area contributed by atoms with Gasteiger partial charge in [0.05, 0.1) is 10.0 Å². The van der Waals surface area contributed by atoms with Gasteiger partial charge in [0.2, 0.25) is 0 Å². The van der Waals surface area contributed by atoms with E-state index < -0.39 is 0 Å². The summed E-state index contributed by atoms with van der Waals surface area (Å²) in [7, 11) is 0. The van der Waals surface area contributed by atoms with E-state index in [2.05, 4.69) is 20.9 Å². The molecule has 0 N–H and O–H groups in total. The van der Waals surface area contributed by atoms with Crippen molar-refractivity contribution in [3.05, 3.63) is 63.9 Å². The summed E-state index contributed by atoms with van der Waals surface area (Å²) in [6, 6.07) is 9.71. The molecule has 0 aliphatic heterocycles. The summed E-state index contributed by atoms with van der Waals surface area (Å²) in [5.74, 6) is 0. The number of alkyl halides is 1. The predicted octanol–water partition coefficient (Wildman–Crippen LogP) is 5.07. The first-order valence-electron chi connectivity index (χ1n) is 5.15. The van der Waals surface area contributed by atoms with Gasteiger partial charge in [0.15, 0.2) is 0 Å². The molecule has 0 fully saturated rings. The van der Waals surface area contributed by atoms with Crippen molar-refractivity contribution in [2.45, 2.75) is 11.2 Å². The van der Waals surface area contributed by atoms with Crippen molar-refractivity contribution in [3.63, 3.8) is 0 Å².